The first kappa shape index (κ1) is 17.0. The summed E-state index contributed by atoms with van der Waals surface area (Å²) in [5.41, 5.74) is 0.931. The van der Waals surface area contributed by atoms with Gasteiger partial charge in [0.25, 0.3) is 0 Å². The molecule has 3 rings (SSSR count). The zero-order valence-electron chi connectivity index (χ0n) is 14.5. The van der Waals surface area contributed by atoms with Crippen LogP contribution in [0.15, 0.2) is 30.5 Å². The summed E-state index contributed by atoms with van der Waals surface area (Å²) in [6, 6.07) is 9.75. The maximum atomic E-state index is 12.7. The molecule has 1 aliphatic heterocycles. The van der Waals surface area contributed by atoms with Gasteiger partial charge in [0.05, 0.1) is 25.0 Å². The van der Waals surface area contributed by atoms with Gasteiger partial charge in [-0.2, -0.15) is 10.4 Å². The summed E-state index contributed by atoms with van der Waals surface area (Å²) in [5.74, 6) is 1.57. The Balaban J connectivity index is 1.64. The summed E-state index contributed by atoms with van der Waals surface area (Å²) in [6.45, 7) is 6.00. The van der Waals surface area contributed by atoms with Crippen LogP contribution in [0.5, 0.6) is 0 Å². The predicted molar refractivity (Wildman–Crippen MR) is 94.9 cm³/mol. The normalized spacial score (nSPS) is 19.6. The van der Waals surface area contributed by atoms with E-state index < -0.39 is 0 Å². The quantitative estimate of drug-likeness (QED) is 0.903. The van der Waals surface area contributed by atoms with Crippen LogP contribution in [-0.2, 0) is 11.3 Å². The van der Waals surface area contributed by atoms with Gasteiger partial charge in [0.2, 0.25) is 5.91 Å². The number of nitriles is 1. The van der Waals surface area contributed by atoms with E-state index in [9.17, 15) is 4.79 Å². The smallest absolute Gasteiger partial charge is 0.230 e. The van der Waals surface area contributed by atoms with Crippen LogP contribution in [-0.4, -0.2) is 33.8 Å². The van der Waals surface area contributed by atoms with E-state index in [1.165, 1.54) is 0 Å². The average Bonchev–Trinajstić information content (AvgIpc) is 3.16. The van der Waals surface area contributed by atoms with Crippen molar-refractivity contribution in [1.82, 2.24) is 14.8 Å². The molecule has 0 spiro atoms. The Labute approximate surface area is 147 Å². The number of carbonyl (C=O) groups is 1. The molecule has 0 saturated carbocycles. The second-order valence-electron chi connectivity index (χ2n) is 6.47. The van der Waals surface area contributed by atoms with Crippen molar-refractivity contribution in [2.75, 3.05) is 23.3 Å². The SMILES string of the molecule is Cc1cc(NC(=O)[C@@H]2CN(c3ccccn3)C[C@H]2C)nn1CCC#N. The number of nitrogens with one attached hydrogen (secondary N) is 1. The number of anilines is 2. The molecule has 1 N–H and O–H groups in total. The summed E-state index contributed by atoms with van der Waals surface area (Å²) in [7, 11) is 0. The number of rotatable bonds is 5. The van der Waals surface area contributed by atoms with Crippen LogP contribution < -0.4 is 10.2 Å². The molecule has 1 saturated heterocycles. The number of amides is 1. The first-order valence-corrected chi connectivity index (χ1v) is 8.46. The molecule has 0 aliphatic carbocycles. The van der Waals surface area contributed by atoms with Crippen molar-refractivity contribution in [3.8, 4) is 6.07 Å². The minimum Gasteiger partial charge on any atom is -0.356 e. The number of pyridine rings is 1. The number of hydrogen-bond donors (Lipinski definition) is 1. The molecule has 0 bridgehead atoms. The molecule has 0 unspecified atom stereocenters. The van der Waals surface area contributed by atoms with Gasteiger partial charge in [-0.05, 0) is 25.0 Å². The molecule has 7 heteroatoms. The summed E-state index contributed by atoms with van der Waals surface area (Å²) in [6.07, 6.45) is 2.17. The van der Waals surface area contributed by atoms with Crippen LogP contribution in [0, 0.1) is 30.1 Å². The van der Waals surface area contributed by atoms with Gasteiger partial charge < -0.3 is 10.2 Å². The molecular formula is C18H22N6O. The van der Waals surface area contributed by atoms with Gasteiger partial charge in [-0.1, -0.05) is 13.0 Å². The van der Waals surface area contributed by atoms with Gasteiger partial charge in [-0.15, -0.1) is 0 Å². The molecule has 130 valence electrons. The minimum atomic E-state index is -0.105. The van der Waals surface area contributed by atoms with Crippen molar-refractivity contribution in [1.29, 1.82) is 5.26 Å². The summed E-state index contributed by atoms with van der Waals surface area (Å²) in [5, 5.41) is 16.0. The molecular weight excluding hydrogens is 316 g/mol. The Hall–Kier alpha value is -2.88. The Kier molecular flexibility index (Phi) is 4.98. The van der Waals surface area contributed by atoms with E-state index >= 15 is 0 Å². The highest BCUT2D eigenvalue weighted by atomic mass is 16.2. The highest BCUT2D eigenvalue weighted by Gasteiger charge is 2.35. The van der Waals surface area contributed by atoms with E-state index in [4.69, 9.17) is 5.26 Å². The molecule has 1 fully saturated rings. The monoisotopic (exact) mass is 338 g/mol. The largest absolute Gasteiger partial charge is 0.356 e. The van der Waals surface area contributed by atoms with Crippen molar-refractivity contribution in [3.63, 3.8) is 0 Å². The first-order chi connectivity index (χ1) is 12.1. The molecule has 7 nitrogen and oxygen atoms in total. The molecule has 3 heterocycles. The lowest BCUT2D eigenvalue weighted by atomic mass is 9.97. The zero-order chi connectivity index (χ0) is 17.8. The van der Waals surface area contributed by atoms with Gasteiger partial charge in [0, 0.05) is 31.0 Å². The third kappa shape index (κ3) is 3.79. The number of hydrogen-bond acceptors (Lipinski definition) is 5. The van der Waals surface area contributed by atoms with E-state index in [0.717, 1.165) is 18.1 Å². The third-order valence-corrected chi connectivity index (χ3v) is 4.59. The fourth-order valence-corrected chi connectivity index (χ4v) is 3.21. The van der Waals surface area contributed by atoms with Crippen LogP contribution in [0.3, 0.4) is 0 Å². The fourth-order valence-electron chi connectivity index (χ4n) is 3.21. The third-order valence-electron chi connectivity index (χ3n) is 4.59. The van der Waals surface area contributed by atoms with Gasteiger partial charge in [0.15, 0.2) is 5.82 Å². The fraction of sp³-hybridized carbons (Fsp3) is 0.444. The van der Waals surface area contributed by atoms with Crippen molar-refractivity contribution >= 4 is 17.5 Å². The molecule has 0 aromatic carbocycles. The Morgan fingerprint density at radius 2 is 2.28 bits per heavy atom. The van der Waals surface area contributed by atoms with Crippen molar-refractivity contribution < 1.29 is 4.79 Å². The van der Waals surface area contributed by atoms with Crippen LogP contribution in [0.25, 0.3) is 0 Å². The summed E-state index contributed by atoms with van der Waals surface area (Å²) in [4.78, 5) is 19.2. The lowest BCUT2D eigenvalue weighted by molar-refractivity contribution is -0.120. The van der Waals surface area contributed by atoms with Gasteiger partial charge in [-0.25, -0.2) is 4.98 Å². The molecule has 1 amide bonds. The Morgan fingerprint density at radius 1 is 1.44 bits per heavy atom. The van der Waals surface area contributed by atoms with Crippen molar-refractivity contribution in [2.45, 2.75) is 26.8 Å². The lowest BCUT2D eigenvalue weighted by Crippen LogP contribution is -2.29. The number of aromatic nitrogens is 3. The van der Waals surface area contributed by atoms with E-state index in [-0.39, 0.29) is 17.7 Å². The molecule has 2 atom stereocenters. The maximum Gasteiger partial charge on any atom is 0.230 e. The first-order valence-electron chi connectivity index (χ1n) is 8.46. The predicted octanol–water partition coefficient (Wildman–Crippen LogP) is 2.21. The Morgan fingerprint density at radius 3 is 3.00 bits per heavy atom. The zero-order valence-corrected chi connectivity index (χ0v) is 14.5. The maximum absolute atomic E-state index is 12.7. The van der Waals surface area contributed by atoms with Crippen LogP contribution in [0.4, 0.5) is 11.6 Å². The minimum absolute atomic E-state index is 0.0177. The second kappa shape index (κ2) is 7.34. The second-order valence-corrected chi connectivity index (χ2v) is 6.47. The Bertz CT molecular complexity index is 779. The van der Waals surface area contributed by atoms with Gasteiger partial charge in [0.1, 0.15) is 5.82 Å². The number of aryl methyl sites for hydroxylation is 2. The molecule has 25 heavy (non-hydrogen) atoms. The lowest BCUT2D eigenvalue weighted by Gasteiger charge is -2.16. The van der Waals surface area contributed by atoms with Crippen LogP contribution in [0.1, 0.15) is 19.0 Å². The highest BCUT2D eigenvalue weighted by Crippen LogP contribution is 2.27. The van der Waals surface area contributed by atoms with Crippen LogP contribution >= 0.6 is 0 Å². The highest BCUT2D eigenvalue weighted by molar-refractivity contribution is 5.92. The number of carbonyl (C=O) groups excluding carboxylic acids is 1. The van der Waals surface area contributed by atoms with E-state index in [2.05, 4.69) is 33.3 Å². The number of nitrogens with zero attached hydrogens (tertiary/aromatic N) is 5. The van der Waals surface area contributed by atoms with Crippen molar-refractivity contribution in [3.05, 3.63) is 36.2 Å². The van der Waals surface area contributed by atoms with E-state index in [1.807, 2.05) is 31.2 Å². The van der Waals surface area contributed by atoms with Gasteiger partial charge >= 0.3 is 0 Å². The summed E-state index contributed by atoms with van der Waals surface area (Å²) < 4.78 is 1.75. The van der Waals surface area contributed by atoms with E-state index in [0.29, 0.717) is 25.3 Å². The van der Waals surface area contributed by atoms with Gasteiger partial charge in [-0.3, -0.25) is 9.48 Å². The molecule has 2 aromatic rings. The summed E-state index contributed by atoms with van der Waals surface area (Å²) >= 11 is 0. The average molecular weight is 338 g/mol. The molecule has 2 aromatic heterocycles. The molecule has 1 aliphatic rings. The van der Waals surface area contributed by atoms with E-state index in [1.54, 1.807) is 10.9 Å². The van der Waals surface area contributed by atoms with Crippen molar-refractivity contribution in [2.24, 2.45) is 11.8 Å². The topological polar surface area (TPSA) is 86.8 Å². The van der Waals surface area contributed by atoms with Crippen LogP contribution in [0.2, 0.25) is 0 Å². The molecule has 0 radical (unpaired) electrons. The standard InChI is InChI=1S/C18H22N6O/c1-13-11-23(17-6-3-4-8-20-17)12-15(13)18(25)21-16-10-14(2)24(22-16)9-5-7-19/h3-4,6,8,10,13,15H,5,9,11-12H2,1-2H3,(H,21,22,25)/t13-,15-/m1/s1.